The Morgan fingerprint density at radius 1 is 1.27 bits per heavy atom. The minimum atomic E-state index is -0.708. The molecule has 1 aliphatic carbocycles. The van der Waals surface area contributed by atoms with Crippen LogP contribution in [0.25, 0.3) is 0 Å². The van der Waals surface area contributed by atoms with Gasteiger partial charge < -0.3 is 10.4 Å². The largest absolute Gasteiger partial charge is 0.481 e. The van der Waals surface area contributed by atoms with E-state index in [1.807, 2.05) is 6.92 Å². The van der Waals surface area contributed by atoms with E-state index in [0.29, 0.717) is 6.04 Å². The molecule has 0 bridgehead atoms. The van der Waals surface area contributed by atoms with Crippen LogP contribution >= 0.6 is 0 Å². The summed E-state index contributed by atoms with van der Waals surface area (Å²) in [7, 11) is 0. The van der Waals surface area contributed by atoms with Crippen LogP contribution in [0, 0.1) is 0 Å². The highest BCUT2D eigenvalue weighted by atomic mass is 16.4. The molecule has 1 fully saturated rings. The smallest absolute Gasteiger partial charge is 0.304 e. The summed E-state index contributed by atoms with van der Waals surface area (Å²) in [6.07, 6.45) is 9.29. The Bertz CT molecular complexity index is 186. The molecule has 0 aliphatic heterocycles. The van der Waals surface area contributed by atoms with Crippen molar-refractivity contribution in [3.63, 3.8) is 0 Å². The van der Waals surface area contributed by atoms with Crippen molar-refractivity contribution < 1.29 is 9.90 Å². The molecule has 88 valence electrons. The number of carbonyl (C=O) groups is 1. The predicted octanol–water partition coefficient (Wildman–Crippen LogP) is 2.55. The Morgan fingerprint density at radius 3 is 2.33 bits per heavy atom. The minimum Gasteiger partial charge on any atom is -0.481 e. The summed E-state index contributed by atoms with van der Waals surface area (Å²) in [5, 5.41) is 12.1. The lowest BCUT2D eigenvalue weighted by Gasteiger charge is -2.24. The Labute approximate surface area is 92.3 Å². The molecule has 3 nitrogen and oxygen atoms in total. The highest BCUT2D eigenvalue weighted by Crippen LogP contribution is 2.17. The highest BCUT2D eigenvalue weighted by molar-refractivity contribution is 5.67. The number of carboxylic acid groups (broad SMARTS) is 1. The van der Waals surface area contributed by atoms with Crippen molar-refractivity contribution >= 4 is 5.97 Å². The Balaban J connectivity index is 2.24. The molecule has 0 radical (unpaired) electrons. The number of aliphatic carboxylic acids is 1. The van der Waals surface area contributed by atoms with E-state index in [1.54, 1.807) is 0 Å². The average Bonchev–Trinajstić information content (AvgIpc) is 2.08. The van der Waals surface area contributed by atoms with Crippen LogP contribution in [-0.2, 0) is 4.79 Å². The zero-order chi connectivity index (χ0) is 11.1. The molecular formula is C12H23NO2. The number of rotatable bonds is 4. The summed E-state index contributed by atoms with van der Waals surface area (Å²) in [6, 6.07) is 0.645. The number of carboxylic acids is 1. The van der Waals surface area contributed by atoms with E-state index in [9.17, 15) is 4.79 Å². The quantitative estimate of drug-likeness (QED) is 0.754. The van der Waals surface area contributed by atoms with Gasteiger partial charge in [-0.05, 0) is 19.8 Å². The van der Waals surface area contributed by atoms with Gasteiger partial charge >= 0.3 is 5.97 Å². The molecule has 15 heavy (non-hydrogen) atoms. The highest BCUT2D eigenvalue weighted by Gasteiger charge is 2.15. The second kappa shape index (κ2) is 6.83. The first kappa shape index (κ1) is 12.5. The van der Waals surface area contributed by atoms with Gasteiger partial charge in [0.1, 0.15) is 0 Å². The molecule has 0 aromatic carbocycles. The monoisotopic (exact) mass is 213 g/mol. The van der Waals surface area contributed by atoms with E-state index in [-0.39, 0.29) is 12.5 Å². The molecule has 0 aromatic heterocycles. The van der Waals surface area contributed by atoms with Crippen LogP contribution in [-0.4, -0.2) is 23.2 Å². The van der Waals surface area contributed by atoms with Gasteiger partial charge in [-0.3, -0.25) is 4.79 Å². The fourth-order valence-electron chi connectivity index (χ4n) is 2.35. The van der Waals surface area contributed by atoms with Gasteiger partial charge in [-0.1, -0.05) is 32.1 Å². The van der Waals surface area contributed by atoms with Gasteiger partial charge in [-0.15, -0.1) is 0 Å². The van der Waals surface area contributed by atoms with Crippen molar-refractivity contribution in [3.05, 3.63) is 0 Å². The van der Waals surface area contributed by atoms with Crippen LogP contribution in [0.15, 0.2) is 0 Å². The summed E-state index contributed by atoms with van der Waals surface area (Å²) in [5.41, 5.74) is 0. The normalized spacial score (nSPS) is 21.7. The molecule has 0 saturated heterocycles. The first-order chi connectivity index (χ1) is 7.18. The third-order valence-corrected chi connectivity index (χ3v) is 3.11. The van der Waals surface area contributed by atoms with Crippen molar-refractivity contribution in [2.24, 2.45) is 0 Å². The summed E-state index contributed by atoms with van der Waals surface area (Å²) in [4.78, 5) is 10.5. The molecule has 1 rings (SSSR count). The first-order valence-corrected chi connectivity index (χ1v) is 6.16. The zero-order valence-corrected chi connectivity index (χ0v) is 9.67. The second-order valence-electron chi connectivity index (χ2n) is 4.71. The summed E-state index contributed by atoms with van der Waals surface area (Å²) in [5.74, 6) is -0.708. The van der Waals surface area contributed by atoms with Gasteiger partial charge in [0.2, 0.25) is 0 Å². The maximum atomic E-state index is 10.5. The van der Waals surface area contributed by atoms with Crippen LogP contribution in [0.3, 0.4) is 0 Å². The van der Waals surface area contributed by atoms with E-state index in [2.05, 4.69) is 5.32 Å². The fraction of sp³-hybridized carbons (Fsp3) is 0.917. The SMILES string of the molecule is CC(CC(=O)O)NC1CCCCCCC1. The maximum Gasteiger partial charge on any atom is 0.304 e. The average molecular weight is 213 g/mol. The molecule has 2 N–H and O–H groups in total. The van der Waals surface area contributed by atoms with Crippen molar-refractivity contribution in [1.29, 1.82) is 0 Å². The summed E-state index contributed by atoms with van der Waals surface area (Å²) >= 11 is 0. The van der Waals surface area contributed by atoms with Crippen LogP contribution in [0.1, 0.15) is 58.3 Å². The van der Waals surface area contributed by atoms with E-state index >= 15 is 0 Å². The number of nitrogens with one attached hydrogen (secondary N) is 1. The van der Waals surface area contributed by atoms with Gasteiger partial charge in [0.25, 0.3) is 0 Å². The molecule has 0 aromatic rings. The third-order valence-electron chi connectivity index (χ3n) is 3.11. The molecule has 0 amide bonds. The molecular weight excluding hydrogens is 190 g/mol. The van der Waals surface area contributed by atoms with E-state index in [1.165, 1.54) is 44.9 Å². The molecule has 0 spiro atoms. The van der Waals surface area contributed by atoms with Crippen molar-refractivity contribution in [2.75, 3.05) is 0 Å². The standard InChI is InChI=1S/C12H23NO2/c1-10(9-12(14)15)13-11-7-5-3-2-4-6-8-11/h10-11,13H,2-9H2,1H3,(H,14,15). The van der Waals surface area contributed by atoms with Crippen LogP contribution in [0.2, 0.25) is 0 Å². The molecule has 0 heterocycles. The molecule has 3 heteroatoms. The number of hydrogen-bond acceptors (Lipinski definition) is 2. The lowest BCUT2D eigenvalue weighted by Crippen LogP contribution is -2.38. The van der Waals surface area contributed by atoms with Gasteiger partial charge in [0, 0.05) is 12.1 Å². The topological polar surface area (TPSA) is 49.3 Å². The Kier molecular flexibility index (Phi) is 5.69. The van der Waals surface area contributed by atoms with Crippen LogP contribution in [0.4, 0.5) is 0 Å². The zero-order valence-electron chi connectivity index (χ0n) is 9.67. The maximum absolute atomic E-state index is 10.5. The second-order valence-corrected chi connectivity index (χ2v) is 4.71. The van der Waals surface area contributed by atoms with Gasteiger partial charge in [-0.25, -0.2) is 0 Å². The number of hydrogen-bond donors (Lipinski definition) is 2. The molecule has 1 saturated carbocycles. The lowest BCUT2D eigenvalue weighted by molar-refractivity contribution is -0.137. The van der Waals surface area contributed by atoms with Crippen LogP contribution < -0.4 is 5.32 Å². The van der Waals surface area contributed by atoms with Gasteiger partial charge in [-0.2, -0.15) is 0 Å². The van der Waals surface area contributed by atoms with Crippen molar-refractivity contribution in [1.82, 2.24) is 5.32 Å². The molecule has 1 atom stereocenters. The van der Waals surface area contributed by atoms with Gasteiger partial charge in [0.15, 0.2) is 0 Å². The fourth-order valence-corrected chi connectivity index (χ4v) is 2.35. The van der Waals surface area contributed by atoms with Crippen molar-refractivity contribution in [2.45, 2.75) is 70.4 Å². The van der Waals surface area contributed by atoms with E-state index < -0.39 is 5.97 Å². The predicted molar refractivity (Wildman–Crippen MR) is 61.0 cm³/mol. The van der Waals surface area contributed by atoms with Crippen LogP contribution in [0.5, 0.6) is 0 Å². The third kappa shape index (κ3) is 5.78. The van der Waals surface area contributed by atoms with Crippen molar-refractivity contribution in [3.8, 4) is 0 Å². The lowest BCUT2D eigenvalue weighted by atomic mass is 9.96. The van der Waals surface area contributed by atoms with E-state index in [0.717, 1.165) is 0 Å². The first-order valence-electron chi connectivity index (χ1n) is 6.16. The molecule has 1 unspecified atom stereocenters. The summed E-state index contributed by atoms with van der Waals surface area (Å²) < 4.78 is 0. The summed E-state index contributed by atoms with van der Waals surface area (Å²) in [6.45, 7) is 1.97. The Hall–Kier alpha value is -0.570. The van der Waals surface area contributed by atoms with E-state index in [4.69, 9.17) is 5.11 Å². The van der Waals surface area contributed by atoms with Gasteiger partial charge in [0.05, 0.1) is 6.42 Å². The minimum absolute atomic E-state index is 0.104. The Morgan fingerprint density at radius 2 is 1.80 bits per heavy atom. The molecule has 1 aliphatic rings.